The van der Waals surface area contributed by atoms with Gasteiger partial charge >= 0.3 is 6.03 Å². The number of aromatic nitrogens is 1. The van der Waals surface area contributed by atoms with Crippen LogP contribution in [0.1, 0.15) is 31.2 Å². The highest BCUT2D eigenvalue weighted by Crippen LogP contribution is 2.36. The lowest BCUT2D eigenvalue weighted by Crippen LogP contribution is -2.51. The third kappa shape index (κ3) is 4.63. The van der Waals surface area contributed by atoms with Gasteiger partial charge in [-0.1, -0.05) is 35.1 Å². The molecule has 0 radical (unpaired) electrons. The van der Waals surface area contributed by atoms with Gasteiger partial charge < -0.3 is 15.8 Å². The van der Waals surface area contributed by atoms with E-state index in [1.807, 2.05) is 30.3 Å². The molecule has 2 aliphatic rings. The second-order valence-electron chi connectivity index (χ2n) is 8.39. The fourth-order valence-electron chi connectivity index (χ4n) is 4.96. The Morgan fingerprint density at radius 1 is 1.19 bits per heavy atom. The first-order valence-corrected chi connectivity index (χ1v) is 11.9. The van der Waals surface area contributed by atoms with Crippen molar-refractivity contribution in [3.63, 3.8) is 0 Å². The number of carbonyl (C=O) groups is 1. The number of hydrogen-bond donors (Lipinski definition) is 2. The molecule has 2 fully saturated rings. The number of nitrogens with two attached hydrogens (primary N) is 1. The molecule has 1 aromatic heterocycles. The molecule has 162 valence electrons. The third-order valence-electron chi connectivity index (χ3n) is 6.35. The maximum Gasteiger partial charge on any atom is 0.312 e. The molecule has 5 rings (SSSR count). The van der Waals surface area contributed by atoms with Gasteiger partial charge in [0.2, 0.25) is 0 Å². The van der Waals surface area contributed by atoms with E-state index in [-0.39, 0.29) is 6.04 Å². The molecule has 6 nitrogen and oxygen atoms in total. The number of halogens is 1. The Labute approximate surface area is 190 Å². The summed E-state index contributed by atoms with van der Waals surface area (Å²) < 4.78 is 6.97. The standard InChI is InChI=1S/C23H25ClN4O2S/c24-15-3-8-20-21(11-15)31-23(27-20)30-19-6-1-14(2-7-19)9-10-28-17-4-5-18(28)13-16(12-17)26-22(25)29/h1-3,6-8,11,16-18H,4-5,9-10,12-13H2,(H3,25,26,29). The van der Waals surface area contributed by atoms with E-state index in [9.17, 15) is 4.79 Å². The number of primary amides is 1. The van der Waals surface area contributed by atoms with E-state index in [1.54, 1.807) is 0 Å². The van der Waals surface area contributed by atoms with Crippen LogP contribution in [0.5, 0.6) is 10.9 Å². The van der Waals surface area contributed by atoms with Crippen LogP contribution in [0.3, 0.4) is 0 Å². The number of rotatable bonds is 6. The zero-order valence-electron chi connectivity index (χ0n) is 17.1. The van der Waals surface area contributed by atoms with Gasteiger partial charge in [0.15, 0.2) is 0 Å². The number of benzene rings is 2. The molecule has 8 heteroatoms. The predicted octanol–water partition coefficient (Wildman–Crippen LogP) is 4.95. The maximum absolute atomic E-state index is 11.2. The van der Waals surface area contributed by atoms with Crippen LogP contribution in [0.4, 0.5) is 4.79 Å². The van der Waals surface area contributed by atoms with Crippen LogP contribution in [0, 0.1) is 0 Å². The molecule has 2 aliphatic heterocycles. The van der Waals surface area contributed by atoms with Gasteiger partial charge in [-0.3, -0.25) is 4.90 Å². The Bertz CT molecular complexity index is 1070. The Morgan fingerprint density at radius 3 is 2.65 bits per heavy atom. The van der Waals surface area contributed by atoms with Crippen molar-refractivity contribution >= 4 is 39.2 Å². The van der Waals surface area contributed by atoms with Gasteiger partial charge in [-0.05, 0) is 68.0 Å². The molecule has 2 amide bonds. The predicted molar refractivity (Wildman–Crippen MR) is 124 cm³/mol. The van der Waals surface area contributed by atoms with Crippen molar-refractivity contribution in [2.75, 3.05) is 6.54 Å². The summed E-state index contributed by atoms with van der Waals surface area (Å²) in [5.41, 5.74) is 7.49. The molecule has 3 heterocycles. The minimum Gasteiger partial charge on any atom is -0.431 e. The quantitative estimate of drug-likeness (QED) is 0.550. The number of thiazole rings is 1. The van der Waals surface area contributed by atoms with Gasteiger partial charge in [0, 0.05) is 29.7 Å². The number of hydrogen-bond acceptors (Lipinski definition) is 5. The van der Waals surface area contributed by atoms with E-state index in [1.165, 1.54) is 29.7 Å². The first-order valence-electron chi connectivity index (χ1n) is 10.7. The number of amides is 2. The molecule has 31 heavy (non-hydrogen) atoms. The Kier molecular flexibility index (Phi) is 5.73. The van der Waals surface area contributed by atoms with Gasteiger partial charge in [0.05, 0.1) is 10.2 Å². The number of piperidine rings is 1. The highest BCUT2D eigenvalue weighted by atomic mass is 35.5. The summed E-state index contributed by atoms with van der Waals surface area (Å²) in [5, 5.41) is 4.22. The molecular formula is C23H25ClN4O2S. The smallest absolute Gasteiger partial charge is 0.312 e. The van der Waals surface area contributed by atoms with Crippen LogP contribution >= 0.6 is 22.9 Å². The van der Waals surface area contributed by atoms with E-state index < -0.39 is 6.03 Å². The normalized spacial score (nSPS) is 23.2. The number of ether oxygens (including phenoxy) is 1. The lowest BCUT2D eigenvalue weighted by Gasteiger charge is -2.39. The van der Waals surface area contributed by atoms with Crippen LogP contribution in [0.25, 0.3) is 10.2 Å². The number of nitrogens with one attached hydrogen (secondary N) is 1. The largest absolute Gasteiger partial charge is 0.431 e. The molecule has 2 atom stereocenters. The lowest BCUT2D eigenvalue weighted by molar-refractivity contribution is 0.121. The fourth-order valence-corrected chi connectivity index (χ4v) is 6.07. The number of urea groups is 1. The second-order valence-corrected chi connectivity index (χ2v) is 9.82. The number of fused-ring (bicyclic) bond motifs is 3. The van der Waals surface area contributed by atoms with Crippen molar-refractivity contribution in [3.05, 3.63) is 53.1 Å². The molecule has 2 unspecified atom stereocenters. The minimum absolute atomic E-state index is 0.223. The first-order chi connectivity index (χ1) is 15.0. The first kappa shape index (κ1) is 20.5. The molecule has 2 aromatic carbocycles. The van der Waals surface area contributed by atoms with Crippen LogP contribution in [-0.2, 0) is 6.42 Å². The lowest BCUT2D eigenvalue weighted by atomic mass is 9.96. The number of carbonyl (C=O) groups excluding carboxylic acids is 1. The Hall–Kier alpha value is -2.35. The van der Waals surface area contributed by atoms with Crippen LogP contribution in [0.2, 0.25) is 5.02 Å². The van der Waals surface area contributed by atoms with Gasteiger partial charge in [0.25, 0.3) is 5.19 Å². The summed E-state index contributed by atoms with van der Waals surface area (Å²) in [4.78, 5) is 18.3. The third-order valence-corrected chi connectivity index (χ3v) is 7.48. The molecule has 0 saturated carbocycles. The van der Waals surface area contributed by atoms with Crippen molar-refractivity contribution in [3.8, 4) is 10.9 Å². The molecular weight excluding hydrogens is 432 g/mol. The Balaban J connectivity index is 1.17. The highest BCUT2D eigenvalue weighted by molar-refractivity contribution is 7.20. The summed E-state index contributed by atoms with van der Waals surface area (Å²) in [5.74, 6) is 0.785. The monoisotopic (exact) mass is 456 g/mol. The topological polar surface area (TPSA) is 80.5 Å². The molecule has 0 aliphatic carbocycles. The molecule has 2 saturated heterocycles. The SMILES string of the molecule is NC(=O)NC1CC2CCC(C1)N2CCc1ccc(Oc2nc3ccc(Cl)cc3s2)cc1. The minimum atomic E-state index is -0.408. The van der Waals surface area contributed by atoms with Crippen molar-refractivity contribution < 1.29 is 9.53 Å². The van der Waals surface area contributed by atoms with Gasteiger partial charge in [0.1, 0.15) is 5.75 Å². The van der Waals surface area contributed by atoms with E-state index >= 15 is 0 Å². The van der Waals surface area contributed by atoms with Gasteiger partial charge in [-0.2, -0.15) is 0 Å². The van der Waals surface area contributed by atoms with Crippen molar-refractivity contribution in [2.24, 2.45) is 5.73 Å². The number of nitrogens with zero attached hydrogens (tertiary/aromatic N) is 2. The summed E-state index contributed by atoms with van der Waals surface area (Å²) in [7, 11) is 0. The van der Waals surface area contributed by atoms with Crippen molar-refractivity contribution in [2.45, 2.75) is 50.2 Å². The zero-order valence-corrected chi connectivity index (χ0v) is 18.7. The zero-order chi connectivity index (χ0) is 21.4. The maximum atomic E-state index is 11.2. The summed E-state index contributed by atoms with van der Waals surface area (Å²) >= 11 is 7.55. The average molecular weight is 457 g/mol. The molecule has 0 spiro atoms. The second kappa shape index (κ2) is 8.65. The van der Waals surface area contributed by atoms with E-state index in [2.05, 4.69) is 27.3 Å². The molecule has 2 bridgehead atoms. The highest BCUT2D eigenvalue weighted by Gasteiger charge is 2.40. The van der Waals surface area contributed by atoms with E-state index in [4.69, 9.17) is 22.1 Å². The summed E-state index contributed by atoms with van der Waals surface area (Å²) in [6.45, 7) is 1.04. The van der Waals surface area contributed by atoms with Gasteiger partial charge in [-0.15, -0.1) is 0 Å². The average Bonchev–Trinajstić information content (AvgIpc) is 3.23. The van der Waals surface area contributed by atoms with Crippen LogP contribution in [-0.4, -0.2) is 40.6 Å². The van der Waals surface area contributed by atoms with Crippen LogP contribution in [0.15, 0.2) is 42.5 Å². The van der Waals surface area contributed by atoms with Gasteiger partial charge in [-0.25, -0.2) is 9.78 Å². The van der Waals surface area contributed by atoms with Crippen LogP contribution < -0.4 is 15.8 Å². The molecule has 3 N–H and O–H groups in total. The summed E-state index contributed by atoms with van der Waals surface area (Å²) in [6, 6.07) is 14.8. The van der Waals surface area contributed by atoms with Crippen molar-refractivity contribution in [1.29, 1.82) is 0 Å². The fraction of sp³-hybridized carbons (Fsp3) is 0.391. The Morgan fingerprint density at radius 2 is 1.94 bits per heavy atom. The van der Waals surface area contributed by atoms with E-state index in [0.717, 1.165) is 41.8 Å². The summed E-state index contributed by atoms with van der Waals surface area (Å²) in [6.07, 6.45) is 5.42. The molecule has 3 aromatic rings. The van der Waals surface area contributed by atoms with E-state index in [0.29, 0.717) is 22.3 Å². The van der Waals surface area contributed by atoms with Crippen molar-refractivity contribution in [1.82, 2.24) is 15.2 Å².